The molecule has 0 aliphatic carbocycles. The number of nitrogens with zero attached hydrogens (tertiary/aromatic N) is 3. The number of ether oxygens (including phenoxy) is 1. The lowest BCUT2D eigenvalue weighted by Crippen LogP contribution is -2.17. The van der Waals surface area contributed by atoms with E-state index in [1.165, 1.54) is 40.1 Å². The summed E-state index contributed by atoms with van der Waals surface area (Å²) in [5.74, 6) is -1.46. The fraction of sp³-hybridized carbons (Fsp3) is 0.200. The molecule has 0 N–H and O–H groups in total. The molecule has 2 aromatic heterocycles. The van der Waals surface area contributed by atoms with Crippen molar-refractivity contribution in [3.8, 4) is 0 Å². The van der Waals surface area contributed by atoms with E-state index < -0.39 is 11.8 Å². The fourth-order valence-electron chi connectivity index (χ4n) is 1.96. The maximum absolute atomic E-state index is 13.5. The molecule has 0 spiro atoms. The lowest BCUT2D eigenvalue weighted by Gasteiger charge is -2.05. The van der Waals surface area contributed by atoms with Gasteiger partial charge in [-0.3, -0.25) is 4.79 Å². The molecular weight excluding hydrogens is 321 g/mol. The summed E-state index contributed by atoms with van der Waals surface area (Å²) >= 11 is 1.30. The molecule has 118 valence electrons. The largest absolute Gasteiger partial charge is 0.455 e. The summed E-state index contributed by atoms with van der Waals surface area (Å²) in [6, 6.07) is 6.79. The van der Waals surface area contributed by atoms with Crippen LogP contribution in [0.2, 0.25) is 0 Å². The third-order valence-electron chi connectivity index (χ3n) is 3.09. The molecular formula is C15H12FN3O3S. The average molecular weight is 333 g/mol. The number of hydrogen-bond acceptors (Lipinski definition) is 6. The van der Waals surface area contributed by atoms with Gasteiger partial charge in [-0.1, -0.05) is 30.4 Å². The second-order valence-corrected chi connectivity index (χ2v) is 5.73. The summed E-state index contributed by atoms with van der Waals surface area (Å²) in [5, 5.41) is 4.92. The van der Waals surface area contributed by atoms with Crippen LogP contribution in [0, 0.1) is 5.82 Å². The minimum Gasteiger partial charge on any atom is -0.455 e. The van der Waals surface area contributed by atoms with Gasteiger partial charge in [-0.2, -0.15) is 9.61 Å². The minimum absolute atomic E-state index is 0.156. The van der Waals surface area contributed by atoms with E-state index >= 15 is 0 Å². The Hall–Kier alpha value is -2.61. The molecule has 3 rings (SSSR count). The Kier molecular flexibility index (Phi) is 4.16. The molecule has 0 aliphatic rings. The monoisotopic (exact) mass is 333 g/mol. The van der Waals surface area contributed by atoms with Crippen molar-refractivity contribution in [1.82, 2.24) is 14.6 Å². The number of esters is 1. The van der Waals surface area contributed by atoms with Crippen molar-refractivity contribution < 1.29 is 13.9 Å². The molecule has 0 fully saturated rings. The van der Waals surface area contributed by atoms with Crippen molar-refractivity contribution in [2.45, 2.75) is 20.0 Å². The van der Waals surface area contributed by atoms with Crippen LogP contribution in [0.25, 0.3) is 4.96 Å². The van der Waals surface area contributed by atoms with Crippen LogP contribution in [-0.4, -0.2) is 20.6 Å². The summed E-state index contributed by atoms with van der Waals surface area (Å²) in [6.07, 6.45) is 0.699. The zero-order chi connectivity index (χ0) is 16.4. The van der Waals surface area contributed by atoms with Gasteiger partial charge in [0.25, 0.3) is 5.56 Å². The number of halogens is 1. The molecule has 0 radical (unpaired) electrons. The summed E-state index contributed by atoms with van der Waals surface area (Å²) in [7, 11) is 0. The molecule has 23 heavy (non-hydrogen) atoms. The van der Waals surface area contributed by atoms with Crippen LogP contribution in [0.1, 0.15) is 28.0 Å². The molecule has 1 aromatic carbocycles. The van der Waals surface area contributed by atoms with Crippen LogP contribution in [-0.2, 0) is 17.8 Å². The highest BCUT2D eigenvalue weighted by molar-refractivity contribution is 7.16. The smallest absolute Gasteiger partial charge is 0.341 e. The van der Waals surface area contributed by atoms with Crippen molar-refractivity contribution in [2.24, 2.45) is 0 Å². The van der Waals surface area contributed by atoms with Crippen LogP contribution in [0.3, 0.4) is 0 Å². The van der Waals surface area contributed by atoms with Gasteiger partial charge in [-0.15, -0.1) is 0 Å². The highest BCUT2D eigenvalue weighted by Gasteiger charge is 2.14. The van der Waals surface area contributed by atoms with Gasteiger partial charge in [-0.25, -0.2) is 14.2 Å². The molecule has 0 saturated heterocycles. The predicted octanol–water partition coefficient (Wildman–Crippen LogP) is 2.21. The molecule has 0 bridgehead atoms. The minimum atomic E-state index is -0.802. The van der Waals surface area contributed by atoms with Gasteiger partial charge < -0.3 is 4.74 Å². The van der Waals surface area contributed by atoms with Crippen LogP contribution < -0.4 is 5.56 Å². The van der Waals surface area contributed by atoms with Gasteiger partial charge in [-0.05, 0) is 18.6 Å². The molecule has 0 atom stereocenters. The Morgan fingerprint density at radius 2 is 2.17 bits per heavy atom. The van der Waals surface area contributed by atoms with Gasteiger partial charge in [0.05, 0.1) is 11.3 Å². The summed E-state index contributed by atoms with van der Waals surface area (Å²) in [4.78, 5) is 28.5. The highest BCUT2D eigenvalue weighted by atomic mass is 32.1. The molecule has 6 nitrogen and oxygen atoms in total. The van der Waals surface area contributed by atoms with Crippen LogP contribution in [0.5, 0.6) is 0 Å². The zero-order valence-corrected chi connectivity index (χ0v) is 13.0. The maximum atomic E-state index is 13.5. The molecule has 0 amide bonds. The van der Waals surface area contributed by atoms with E-state index in [0.29, 0.717) is 17.1 Å². The third kappa shape index (κ3) is 3.11. The standard InChI is InChI=1S/C15H12FN3O3S/c1-2-12-18-19-13(20)7-9(17-15(19)23-12)8-22-14(21)10-5-3-4-6-11(10)16/h3-7H,2,8H2,1H3. The quantitative estimate of drug-likeness (QED) is 0.685. The van der Waals surface area contributed by atoms with Crippen molar-refractivity contribution in [1.29, 1.82) is 0 Å². The number of carbonyl (C=O) groups excluding carboxylic acids is 1. The van der Waals surface area contributed by atoms with E-state index in [1.54, 1.807) is 6.07 Å². The maximum Gasteiger partial charge on any atom is 0.341 e. The number of carbonyl (C=O) groups is 1. The van der Waals surface area contributed by atoms with E-state index in [-0.39, 0.29) is 17.7 Å². The predicted molar refractivity (Wildman–Crippen MR) is 82.0 cm³/mol. The fourth-order valence-corrected chi connectivity index (χ4v) is 2.81. The SMILES string of the molecule is CCc1nn2c(=O)cc(COC(=O)c3ccccc3F)nc2s1. The Morgan fingerprint density at radius 3 is 2.91 bits per heavy atom. The van der Waals surface area contributed by atoms with Gasteiger partial charge in [0.1, 0.15) is 17.4 Å². The second kappa shape index (κ2) is 6.25. The van der Waals surface area contributed by atoms with Crippen molar-refractivity contribution in [3.63, 3.8) is 0 Å². The van der Waals surface area contributed by atoms with Gasteiger partial charge in [0.2, 0.25) is 4.96 Å². The molecule has 0 saturated carbocycles. The van der Waals surface area contributed by atoms with E-state index in [4.69, 9.17) is 4.74 Å². The first-order valence-corrected chi connectivity index (χ1v) is 7.70. The summed E-state index contributed by atoms with van der Waals surface area (Å²) in [5.41, 5.74) is -0.203. The number of fused-ring (bicyclic) bond motifs is 1. The number of rotatable bonds is 4. The first-order chi connectivity index (χ1) is 11.1. The molecule has 2 heterocycles. The second-order valence-electron chi connectivity index (χ2n) is 4.69. The van der Waals surface area contributed by atoms with E-state index in [2.05, 4.69) is 10.1 Å². The first-order valence-electron chi connectivity index (χ1n) is 6.89. The van der Waals surface area contributed by atoms with Crippen molar-refractivity contribution in [3.05, 3.63) is 62.8 Å². The number of benzene rings is 1. The van der Waals surface area contributed by atoms with Crippen LogP contribution >= 0.6 is 11.3 Å². The van der Waals surface area contributed by atoms with E-state index in [1.807, 2.05) is 6.92 Å². The highest BCUT2D eigenvalue weighted by Crippen LogP contribution is 2.13. The molecule has 8 heteroatoms. The zero-order valence-electron chi connectivity index (χ0n) is 12.2. The summed E-state index contributed by atoms with van der Waals surface area (Å²) in [6.45, 7) is 1.72. The van der Waals surface area contributed by atoms with Gasteiger partial charge >= 0.3 is 5.97 Å². The number of aryl methyl sites for hydroxylation is 1. The molecule has 0 aliphatic heterocycles. The first kappa shape index (κ1) is 15.3. The van der Waals surface area contributed by atoms with Crippen LogP contribution in [0.4, 0.5) is 4.39 Å². The Labute approximate surface area is 134 Å². The lowest BCUT2D eigenvalue weighted by molar-refractivity contribution is 0.0462. The van der Waals surface area contributed by atoms with Crippen molar-refractivity contribution in [2.75, 3.05) is 0 Å². The molecule has 0 unspecified atom stereocenters. The van der Waals surface area contributed by atoms with E-state index in [9.17, 15) is 14.0 Å². The topological polar surface area (TPSA) is 73.6 Å². The summed E-state index contributed by atoms with van der Waals surface area (Å²) < 4.78 is 19.7. The number of hydrogen-bond donors (Lipinski definition) is 0. The van der Waals surface area contributed by atoms with E-state index in [0.717, 1.165) is 5.01 Å². The molecule has 3 aromatic rings. The number of aromatic nitrogens is 3. The lowest BCUT2D eigenvalue weighted by atomic mass is 10.2. The van der Waals surface area contributed by atoms with Crippen molar-refractivity contribution >= 4 is 22.3 Å². The van der Waals surface area contributed by atoms with Gasteiger partial charge in [0.15, 0.2) is 0 Å². The average Bonchev–Trinajstić information content (AvgIpc) is 2.97. The third-order valence-corrected chi connectivity index (χ3v) is 4.14. The normalized spacial score (nSPS) is 10.9. The Balaban J connectivity index is 1.81. The Bertz CT molecular complexity index is 935. The van der Waals surface area contributed by atoms with Gasteiger partial charge in [0, 0.05) is 6.07 Å². The van der Waals surface area contributed by atoms with Crippen LogP contribution in [0.15, 0.2) is 35.1 Å². The Morgan fingerprint density at radius 1 is 1.39 bits per heavy atom.